The number of aliphatic hydroxyl groups is 4. The van der Waals surface area contributed by atoms with Gasteiger partial charge < -0.3 is 25.2 Å². The number of amides is 1. The van der Waals surface area contributed by atoms with Crippen molar-refractivity contribution in [2.45, 2.75) is 24.4 Å². The molecule has 8 nitrogen and oxygen atoms in total. The summed E-state index contributed by atoms with van der Waals surface area (Å²) in [7, 11) is 0. The molecule has 1 saturated heterocycles. The maximum atomic E-state index is 11.7. The van der Waals surface area contributed by atoms with Crippen molar-refractivity contribution in [1.29, 1.82) is 0 Å². The Bertz CT molecular complexity index is 564. The smallest absolute Gasteiger partial charge is 0.297 e. The molecule has 120 valence electrons. The summed E-state index contributed by atoms with van der Waals surface area (Å²) in [5, 5.41) is 40.5. The highest BCUT2D eigenvalue weighted by Gasteiger charge is 2.42. The fourth-order valence-corrected chi connectivity index (χ4v) is 1.95. The quantitative estimate of drug-likeness (QED) is 0.477. The second-order valence-corrected chi connectivity index (χ2v) is 5.09. The van der Waals surface area contributed by atoms with Gasteiger partial charge in [0.05, 0.1) is 12.3 Å². The number of nitrogens with one attached hydrogen (secondary N) is 1. The fraction of sp³-hybridized carbons (Fsp3) is 0.385. The molecule has 0 spiro atoms. The molecular weight excluding hydrogens is 316 g/mol. The van der Waals surface area contributed by atoms with E-state index in [4.69, 9.17) is 21.4 Å². The van der Waals surface area contributed by atoms with Crippen molar-refractivity contribution in [3.63, 3.8) is 0 Å². The summed E-state index contributed by atoms with van der Waals surface area (Å²) in [6.07, 6.45) is -6.40. The van der Waals surface area contributed by atoms with Crippen LogP contribution in [0.3, 0.4) is 0 Å². The molecule has 1 fully saturated rings. The van der Waals surface area contributed by atoms with Gasteiger partial charge >= 0.3 is 0 Å². The number of amidine groups is 1. The molecule has 0 bridgehead atoms. The zero-order valence-electron chi connectivity index (χ0n) is 11.3. The Morgan fingerprint density at radius 2 is 1.95 bits per heavy atom. The summed E-state index contributed by atoms with van der Waals surface area (Å²) in [5.41, 5.74) is 0.423. The number of hydrogen-bond donors (Lipinski definition) is 5. The molecule has 0 radical (unpaired) electrons. The lowest BCUT2D eigenvalue weighted by atomic mass is 10.0. The van der Waals surface area contributed by atoms with Crippen molar-refractivity contribution in [2.24, 2.45) is 4.99 Å². The van der Waals surface area contributed by atoms with E-state index >= 15 is 0 Å². The standard InChI is InChI=1S/C13H15ClN2O6/c14-6-1-3-7(4-2-6)15-13-16-12(21)10(20)11(22-13)9(19)8(18)5-17/h1-4,8-11,17-20H,5H2,(H,15,16,21)/t8-,9-,10-,11+/m1/s1. The molecule has 1 aliphatic rings. The summed E-state index contributed by atoms with van der Waals surface area (Å²) >= 11 is 5.75. The lowest BCUT2D eigenvalue weighted by Crippen LogP contribution is -2.60. The van der Waals surface area contributed by atoms with E-state index < -0.39 is 36.9 Å². The van der Waals surface area contributed by atoms with Crippen LogP contribution in [-0.4, -0.2) is 63.4 Å². The molecule has 4 atom stereocenters. The molecule has 0 unspecified atom stereocenters. The lowest BCUT2D eigenvalue weighted by molar-refractivity contribution is -0.152. The molecule has 0 aromatic heterocycles. The molecule has 1 aromatic carbocycles. The Morgan fingerprint density at radius 3 is 2.55 bits per heavy atom. The van der Waals surface area contributed by atoms with Crippen molar-refractivity contribution in [3.8, 4) is 0 Å². The van der Waals surface area contributed by atoms with Crippen molar-refractivity contribution < 1.29 is 30.0 Å². The Labute approximate surface area is 130 Å². The van der Waals surface area contributed by atoms with E-state index in [1.165, 1.54) is 0 Å². The van der Waals surface area contributed by atoms with E-state index in [2.05, 4.69) is 10.3 Å². The molecule has 9 heteroatoms. The van der Waals surface area contributed by atoms with Crippen LogP contribution in [-0.2, 0) is 9.53 Å². The van der Waals surface area contributed by atoms with E-state index in [-0.39, 0.29) is 6.02 Å². The van der Waals surface area contributed by atoms with Crippen LogP contribution >= 0.6 is 11.6 Å². The van der Waals surface area contributed by atoms with Gasteiger partial charge in [0.15, 0.2) is 12.2 Å². The number of benzene rings is 1. The van der Waals surface area contributed by atoms with Crippen LogP contribution in [0.15, 0.2) is 29.3 Å². The summed E-state index contributed by atoms with van der Waals surface area (Å²) in [5.74, 6) is -0.840. The van der Waals surface area contributed by atoms with Gasteiger partial charge in [0.2, 0.25) is 0 Å². The first-order chi connectivity index (χ1) is 10.4. The summed E-state index contributed by atoms with van der Waals surface area (Å²) < 4.78 is 5.20. The Kier molecular flexibility index (Phi) is 5.33. The van der Waals surface area contributed by atoms with Gasteiger partial charge in [0, 0.05) is 5.02 Å². The van der Waals surface area contributed by atoms with Gasteiger partial charge in [-0.1, -0.05) is 11.6 Å². The van der Waals surface area contributed by atoms with Crippen molar-refractivity contribution >= 4 is 29.2 Å². The fourth-order valence-electron chi connectivity index (χ4n) is 1.82. The average Bonchev–Trinajstić information content (AvgIpc) is 2.51. The lowest BCUT2D eigenvalue weighted by Gasteiger charge is -2.33. The zero-order valence-corrected chi connectivity index (χ0v) is 12.0. The van der Waals surface area contributed by atoms with Crippen LogP contribution in [0.4, 0.5) is 5.69 Å². The molecule has 1 aliphatic heterocycles. The highest BCUT2D eigenvalue weighted by Crippen LogP contribution is 2.19. The molecule has 2 rings (SSSR count). The minimum Gasteiger partial charge on any atom is -0.455 e. The average molecular weight is 331 g/mol. The Balaban J connectivity index is 2.20. The van der Waals surface area contributed by atoms with Crippen LogP contribution in [0.25, 0.3) is 0 Å². The summed E-state index contributed by atoms with van der Waals surface area (Å²) in [6, 6.07) is 6.07. The van der Waals surface area contributed by atoms with E-state index in [0.717, 1.165) is 0 Å². The number of carbonyl (C=O) groups excluding carboxylic acids is 1. The minimum atomic E-state index is -1.71. The second kappa shape index (κ2) is 7.03. The zero-order chi connectivity index (χ0) is 16.3. The third-order valence-corrected chi connectivity index (χ3v) is 3.28. The van der Waals surface area contributed by atoms with Gasteiger partial charge in [-0.05, 0) is 24.3 Å². The van der Waals surface area contributed by atoms with Gasteiger partial charge in [0.1, 0.15) is 12.2 Å². The number of carbonyl (C=O) groups is 1. The highest BCUT2D eigenvalue weighted by atomic mass is 35.5. The molecule has 1 aromatic rings. The maximum Gasteiger partial charge on any atom is 0.297 e. The largest absolute Gasteiger partial charge is 0.455 e. The number of hydrogen-bond acceptors (Lipinski definition) is 7. The first kappa shape index (κ1) is 16.7. The van der Waals surface area contributed by atoms with Crippen LogP contribution in [0.2, 0.25) is 5.02 Å². The normalized spacial score (nSPS) is 26.2. The predicted octanol–water partition coefficient (Wildman–Crippen LogP) is -1.08. The molecule has 1 amide bonds. The first-order valence-electron chi connectivity index (χ1n) is 6.39. The van der Waals surface area contributed by atoms with Crippen LogP contribution in [0, 0.1) is 0 Å². The second-order valence-electron chi connectivity index (χ2n) is 4.65. The summed E-state index contributed by atoms with van der Waals surface area (Å²) in [4.78, 5) is 15.7. The molecule has 0 aliphatic carbocycles. The Hall–Kier alpha value is -1.71. The van der Waals surface area contributed by atoms with Crippen molar-refractivity contribution in [3.05, 3.63) is 29.3 Å². The van der Waals surface area contributed by atoms with Gasteiger partial charge in [-0.15, -0.1) is 0 Å². The number of aliphatic hydroxyl groups excluding tert-OH is 4. The van der Waals surface area contributed by atoms with Gasteiger partial charge in [-0.3, -0.25) is 10.1 Å². The molecule has 22 heavy (non-hydrogen) atoms. The number of rotatable bonds is 4. The van der Waals surface area contributed by atoms with Crippen LogP contribution in [0.5, 0.6) is 0 Å². The van der Waals surface area contributed by atoms with Gasteiger partial charge in [-0.25, -0.2) is 0 Å². The molecule has 5 N–H and O–H groups in total. The molecule has 0 saturated carbocycles. The van der Waals surface area contributed by atoms with Crippen molar-refractivity contribution in [1.82, 2.24) is 5.32 Å². The predicted molar refractivity (Wildman–Crippen MR) is 76.7 cm³/mol. The van der Waals surface area contributed by atoms with Crippen LogP contribution < -0.4 is 5.32 Å². The third kappa shape index (κ3) is 3.73. The van der Waals surface area contributed by atoms with Gasteiger partial charge in [-0.2, -0.15) is 4.99 Å². The van der Waals surface area contributed by atoms with E-state index in [1.807, 2.05) is 0 Å². The topological polar surface area (TPSA) is 132 Å². The monoisotopic (exact) mass is 330 g/mol. The summed E-state index contributed by atoms with van der Waals surface area (Å²) in [6.45, 7) is -0.751. The molecule has 1 heterocycles. The third-order valence-electron chi connectivity index (χ3n) is 3.03. The number of halogens is 1. The SMILES string of the molecule is O=C1NC(=Nc2ccc(Cl)cc2)O[C@@H]([C@H](O)[C@H](O)CO)[C@H]1O. The number of ether oxygens (including phenoxy) is 1. The molecular formula is C13H15ClN2O6. The van der Waals surface area contributed by atoms with Crippen LogP contribution in [0.1, 0.15) is 0 Å². The first-order valence-corrected chi connectivity index (χ1v) is 6.77. The maximum absolute atomic E-state index is 11.7. The number of nitrogens with zero attached hydrogens (tertiary/aromatic N) is 1. The van der Waals surface area contributed by atoms with Gasteiger partial charge in [0.25, 0.3) is 11.9 Å². The van der Waals surface area contributed by atoms with Crippen molar-refractivity contribution in [2.75, 3.05) is 6.61 Å². The highest BCUT2D eigenvalue weighted by molar-refractivity contribution is 6.30. The minimum absolute atomic E-state index is 0.244. The number of aliphatic imine (C=N–C) groups is 1. The van der Waals surface area contributed by atoms with E-state index in [0.29, 0.717) is 10.7 Å². The van der Waals surface area contributed by atoms with E-state index in [9.17, 15) is 20.1 Å². The van der Waals surface area contributed by atoms with E-state index in [1.54, 1.807) is 24.3 Å². The Morgan fingerprint density at radius 1 is 1.32 bits per heavy atom.